The van der Waals surface area contributed by atoms with E-state index in [1.165, 1.54) is 0 Å². The van der Waals surface area contributed by atoms with Gasteiger partial charge < -0.3 is 10.2 Å². The Labute approximate surface area is 173 Å². The fraction of sp³-hybridized carbons (Fsp3) is 0.300. The SMILES string of the molecule is CN(C)CCNC(=O)CCc1nnc2c3cc(-c4ccc(Cl)cc4)nn3ccn12. The number of amides is 1. The van der Waals surface area contributed by atoms with Crippen molar-refractivity contribution in [3.05, 3.63) is 53.6 Å². The van der Waals surface area contributed by atoms with Crippen LogP contribution in [0.5, 0.6) is 0 Å². The van der Waals surface area contributed by atoms with E-state index in [9.17, 15) is 4.79 Å². The molecule has 1 amide bonds. The highest BCUT2D eigenvalue weighted by Crippen LogP contribution is 2.23. The molecule has 0 spiro atoms. The van der Waals surface area contributed by atoms with Gasteiger partial charge in [-0.1, -0.05) is 23.7 Å². The molecule has 0 saturated heterocycles. The van der Waals surface area contributed by atoms with E-state index in [4.69, 9.17) is 11.6 Å². The summed E-state index contributed by atoms with van der Waals surface area (Å²) >= 11 is 5.97. The van der Waals surface area contributed by atoms with Gasteiger partial charge in [0.05, 0.1) is 5.69 Å². The van der Waals surface area contributed by atoms with Crippen LogP contribution in [0.15, 0.2) is 42.7 Å². The smallest absolute Gasteiger partial charge is 0.220 e. The van der Waals surface area contributed by atoms with Crippen molar-refractivity contribution in [2.75, 3.05) is 27.2 Å². The second kappa shape index (κ2) is 8.18. The Hall–Kier alpha value is -2.97. The minimum absolute atomic E-state index is 0.0130. The van der Waals surface area contributed by atoms with E-state index in [0.29, 0.717) is 30.1 Å². The molecule has 3 heterocycles. The topological polar surface area (TPSA) is 79.8 Å². The van der Waals surface area contributed by atoms with E-state index in [2.05, 4.69) is 20.6 Å². The number of likely N-dealkylation sites (N-methyl/N-ethyl adjacent to an activating group) is 1. The fourth-order valence-corrected chi connectivity index (χ4v) is 3.25. The first-order valence-electron chi connectivity index (χ1n) is 9.40. The second-order valence-corrected chi connectivity index (χ2v) is 7.56. The first kappa shape index (κ1) is 19.4. The number of nitrogens with one attached hydrogen (secondary N) is 1. The van der Waals surface area contributed by atoms with Crippen LogP contribution in [0, 0.1) is 0 Å². The van der Waals surface area contributed by atoms with Gasteiger partial charge in [-0.15, -0.1) is 10.2 Å². The molecule has 4 aromatic rings. The lowest BCUT2D eigenvalue weighted by molar-refractivity contribution is -0.121. The second-order valence-electron chi connectivity index (χ2n) is 7.13. The van der Waals surface area contributed by atoms with Crippen molar-refractivity contribution in [3.8, 4) is 11.3 Å². The normalized spacial score (nSPS) is 11.6. The number of carbonyl (C=O) groups is 1. The zero-order chi connectivity index (χ0) is 20.4. The van der Waals surface area contributed by atoms with Crippen molar-refractivity contribution in [3.63, 3.8) is 0 Å². The lowest BCUT2D eigenvalue weighted by Gasteiger charge is -2.10. The molecule has 0 atom stereocenters. The van der Waals surface area contributed by atoms with Gasteiger partial charge in [0, 0.05) is 48.9 Å². The monoisotopic (exact) mass is 411 g/mol. The molecule has 8 nitrogen and oxygen atoms in total. The van der Waals surface area contributed by atoms with E-state index < -0.39 is 0 Å². The summed E-state index contributed by atoms with van der Waals surface area (Å²) in [5, 5.41) is 16.8. The summed E-state index contributed by atoms with van der Waals surface area (Å²) in [6.07, 6.45) is 4.63. The molecule has 29 heavy (non-hydrogen) atoms. The molecule has 9 heteroatoms. The predicted octanol–water partition coefficient (Wildman–Crippen LogP) is 2.31. The van der Waals surface area contributed by atoms with Gasteiger partial charge in [0.1, 0.15) is 11.3 Å². The molecule has 0 aliphatic carbocycles. The van der Waals surface area contributed by atoms with Gasteiger partial charge in [-0.05, 0) is 32.3 Å². The first-order valence-corrected chi connectivity index (χ1v) is 9.78. The first-order chi connectivity index (χ1) is 14.0. The third-order valence-corrected chi connectivity index (χ3v) is 4.94. The molecule has 0 bridgehead atoms. The van der Waals surface area contributed by atoms with Gasteiger partial charge in [-0.25, -0.2) is 4.52 Å². The van der Waals surface area contributed by atoms with Gasteiger partial charge in [0.15, 0.2) is 5.65 Å². The third-order valence-electron chi connectivity index (χ3n) is 4.69. The van der Waals surface area contributed by atoms with Crippen LogP contribution >= 0.6 is 11.6 Å². The molecule has 0 fully saturated rings. The summed E-state index contributed by atoms with van der Waals surface area (Å²) < 4.78 is 3.70. The summed E-state index contributed by atoms with van der Waals surface area (Å²) in [7, 11) is 3.95. The zero-order valence-corrected chi connectivity index (χ0v) is 17.1. The average Bonchev–Trinajstić information content (AvgIpc) is 3.30. The van der Waals surface area contributed by atoms with Crippen LogP contribution in [0.25, 0.3) is 22.4 Å². The summed E-state index contributed by atoms with van der Waals surface area (Å²) in [5.74, 6) is 0.763. The summed E-state index contributed by atoms with van der Waals surface area (Å²) in [6.45, 7) is 1.45. The lowest BCUT2D eigenvalue weighted by Crippen LogP contribution is -2.31. The Morgan fingerprint density at radius 1 is 1.17 bits per heavy atom. The maximum Gasteiger partial charge on any atom is 0.220 e. The van der Waals surface area contributed by atoms with Crippen LogP contribution < -0.4 is 5.32 Å². The molecule has 0 aliphatic heterocycles. The molecule has 0 radical (unpaired) electrons. The molecule has 0 unspecified atom stereocenters. The van der Waals surface area contributed by atoms with Gasteiger partial charge >= 0.3 is 0 Å². The van der Waals surface area contributed by atoms with Crippen LogP contribution in [0.3, 0.4) is 0 Å². The molecule has 1 aromatic carbocycles. The maximum absolute atomic E-state index is 12.0. The number of carbonyl (C=O) groups excluding carboxylic acids is 1. The number of nitrogens with zero attached hydrogens (tertiary/aromatic N) is 6. The average molecular weight is 412 g/mol. The molecule has 0 aliphatic rings. The van der Waals surface area contributed by atoms with Crippen LogP contribution in [-0.2, 0) is 11.2 Å². The Morgan fingerprint density at radius 2 is 1.97 bits per heavy atom. The van der Waals surface area contributed by atoms with E-state index in [1.807, 2.05) is 66.1 Å². The van der Waals surface area contributed by atoms with Crippen LogP contribution in [0.1, 0.15) is 12.2 Å². The van der Waals surface area contributed by atoms with Crippen molar-refractivity contribution >= 4 is 28.7 Å². The highest BCUT2D eigenvalue weighted by molar-refractivity contribution is 6.30. The lowest BCUT2D eigenvalue weighted by atomic mass is 10.1. The number of aryl methyl sites for hydroxylation is 1. The van der Waals surface area contributed by atoms with E-state index >= 15 is 0 Å². The van der Waals surface area contributed by atoms with Gasteiger partial charge in [0.25, 0.3) is 0 Å². The molecule has 4 rings (SSSR count). The molecular weight excluding hydrogens is 390 g/mol. The largest absolute Gasteiger partial charge is 0.355 e. The van der Waals surface area contributed by atoms with Crippen molar-refractivity contribution in [1.82, 2.24) is 34.4 Å². The minimum Gasteiger partial charge on any atom is -0.355 e. The molecule has 150 valence electrons. The van der Waals surface area contributed by atoms with Crippen molar-refractivity contribution in [2.45, 2.75) is 12.8 Å². The van der Waals surface area contributed by atoms with E-state index in [-0.39, 0.29) is 5.91 Å². The van der Waals surface area contributed by atoms with E-state index in [1.54, 1.807) is 4.52 Å². The Bertz CT molecular complexity index is 1150. The van der Waals surface area contributed by atoms with Gasteiger partial charge in [-0.2, -0.15) is 5.10 Å². The van der Waals surface area contributed by atoms with Crippen LogP contribution in [-0.4, -0.2) is 62.2 Å². The minimum atomic E-state index is 0.0130. The number of halogens is 1. The summed E-state index contributed by atoms with van der Waals surface area (Å²) in [4.78, 5) is 14.1. The molecule has 0 saturated carbocycles. The predicted molar refractivity (Wildman–Crippen MR) is 112 cm³/mol. The van der Waals surface area contributed by atoms with Crippen molar-refractivity contribution in [2.24, 2.45) is 0 Å². The van der Waals surface area contributed by atoms with Crippen molar-refractivity contribution < 1.29 is 4.79 Å². The van der Waals surface area contributed by atoms with Gasteiger partial charge in [0.2, 0.25) is 5.91 Å². The van der Waals surface area contributed by atoms with Crippen LogP contribution in [0.4, 0.5) is 0 Å². The Kier molecular flexibility index (Phi) is 5.46. The molecular formula is C20H22ClN7O. The highest BCUT2D eigenvalue weighted by atomic mass is 35.5. The number of benzene rings is 1. The maximum atomic E-state index is 12.0. The van der Waals surface area contributed by atoms with E-state index in [0.717, 1.165) is 29.1 Å². The number of hydrogen-bond acceptors (Lipinski definition) is 5. The Morgan fingerprint density at radius 3 is 2.72 bits per heavy atom. The quantitative estimate of drug-likeness (QED) is 0.504. The Balaban J connectivity index is 1.53. The third kappa shape index (κ3) is 4.23. The molecule has 3 aromatic heterocycles. The summed E-state index contributed by atoms with van der Waals surface area (Å²) in [5.41, 5.74) is 3.37. The number of fused-ring (bicyclic) bond motifs is 3. The zero-order valence-electron chi connectivity index (χ0n) is 16.3. The van der Waals surface area contributed by atoms with Gasteiger partial charge in [-0.3, -0.25) is 9.20 Å². The summed E-state index contributed by atoms with van der Waals surface area (Å²) in [6, 6.07) is 9.53. The van der Waals surface area contributed by atoms with Crippen LogP contribution in [0.2, 0.25) is 5.02 Å². The van der Waals surface area contributed by atoms with Crippen molar-refractivity contribution in [1.29, 1.82) is 0 Å². The molecule has 1 N–H and O–H groups in total. The fourth-order valence-electron chi connectivity index (χ4n) is 3.12. The number of hydrogen-bond donors (Lipinski definition) is 1. The number of rotatable bonds is 7. The highest BCUT2D eigenvalue weighted by Gasteiger charge is 2.13. The number of aromatic nitrogens is 5. The standard InChI is InChI=1S/C20H22ClN7O/c1-26(2)10-9-22-19(29)8-7-18-23-24-20-17-13-16(14-3-5-15(21)6-4-14)25-28(17)12-11-27(18)20/h3-6,11-13H,7-10H2,1-2H3,(H,22,29).